The fourth-order valence-electron chi connectivity index (χ4n) is 1.63. The van der Waals surface area contributed by atoms with E-state index in [9.17, 15) is 46.0 Å². The van der Waals surface area contributed by atoms with Crippen molar-refractivity contribution in [3.05, 3.63) is 33.9 Å². The van der Waals surface area contributed by atoms with Crippen LogP contribution in [0.3, 0.4) is 0 Å². The number of aliphatic carboxylic acids is 1. The Balaban J connectivity index is 3.55. The van der Waals surface area contributed by atoms with Gasteiger partial charge in [-0.1, -0.05) is 0 Å². The number of nitrogens with zero attached hydrogens (tertiary/aromatic N) is 2. The quantitative estimate of drug-likeness (QED) is 0.505. The zero-order chi connectivity index (χ0) is 18.9. The number of hydrogen-bond donors (Lipinski definition) is 1. The van der Waals surface area contributed by atoms with E-state index < -0.39 is 57.5 Å². The van der Waals surface area contributed by atoms with Crippen molar-refractivity contribution in [3.8, 4) is 0 Å². The van der Waals surface area contributed by atoms with Gasteiger partial charge in [0.25, 0.3) is 5.69 Å². The minimum Gasteiger partial charge on any atom is -0.480 e. The van der Waals surface area contributed by atoms with E-state index in [0.717, 1.165) is 0 Å². The molecule has 0 spiro atoms. The van der Waals surface area contributed by atoms with Crippen LogP contribution in [-0.2, 0) is 15.8 Å². The third kappa shape index (κ3) is 4.33. The number of carboxylic acid groups (broad SMARTS) is 1. The van der Waals surface area contributed by atoms with Gasteiger partial charge in [-0.25, -0.2) is 0 Å². The second kappa shape index (κ2) is 6.33. The van der Waals surface area contributed by atoms with Gasteiger partial charge in [-0.2, -0.15) is 26.3 Å². The summed E-state index contributed by atoms with van der Waals surface area (Å²) in [6.07, 6.45) is -10.6. The number of rotatable bonds is 4. The standard InChI is InChI=1S/C11H6F6N2O5/c12-10(13,14)5-1-2-6(7(3-5)19(23)24)18(4-8(20)21)9(22)11(15,16)17/h1-3H,4H2,(H,20,21). The Bertz CT molecular complexity index is 684. The fraction of sp³-hybridized carbons (Fsp3) is 0.273. The molecule has 0 heterocycles. The van der Waals surface area contributed by atoms with E-state index >= 15 is 0 Å². The van der Waals surface area contributed by atoms with E-state index in [1.54, 1.807) is 0 Å². The largest absolute Gasteiger partial charge is 0.480 e. The first-order valence-corrected chi connectivity index (χ1v) is 5.71. The normalized spacial score (nSPS) is 11.9. The maximum absolute atomic E-state index is 12.5. The van der Waals surface area contributed by atoms with Crippen LogP contribution in [0.15, 0.2) is 18.2 Å². The lowest BCUT2D eigenvalue weighted by atomic mass is 10.1. The van der Waals surface area contributed by atoms with Gasteiger partial charge in [-0.15, -0.1) is 0 Å². The molecule has 0 fully saturated rings. The number of benzene rings is 1. The van der Waals surface area contributed by atoms with E-state index in [1.807, 2.05) is 0 Å². The molecule has 0 aliphatic rings. The van der Waals surface area contributed by atoms with Gasteiger partial charge < -0.3 is 5.11 Å². The number of nitro groups is 1. The molecule has 1 aromatic carbocycles. The van der Waals surface area contributed by atoms with Gasteiger partial charge in [-0.05, 0) is 12.1 Å². The van der Waals surface area contributed by atoms with Crippen LogP contribution < -0.4 is 4.90 Å². The van der Waals surface area contributed by atoms with Gasteiger partial charge in [0, 0.05) is 6.07 Å². The lowest BCUT2D eigenvalue weighted by Crippen LogP contribution is -2.44. The Labute approximate surface area is 128 Å². The van der Waals surface area contributed by atoms with Crippen molar-refractivity contribution in [2.24, 2.45) is 0 Å². The molecule has 1 aromatic rings. The molecule has 0 aliphatic heterocycles. The Morgan fingerprint density at radius 3 is 2.08 bits per heavy atom. The van der Waals surface area contributed by atoms with Crippen LogP contribution in [0.1, 0.15) is 5.56 Å². The number of carbonyl (C=O) groups excluding carboxylic acids is 1. The lowest BCUT2D eigenvalue weighted by Gasteiger charge is -2.22. The summed E-state index contributed by atoms with van der Waals surface area (Å²) in [6.45, 7) is -1.63. The van der Waals surface area contributed by atoms with Crippen molar-refractivity contribution in [1.29, 1.82) is 0 Å². The van der Waals surface area contributed by atoms with Crippen LogP contribution in [-0.4, -0.2) is 34.6 Å². The second-order valence-electron chi connectivity index (χ2n) is 4.24. The molecule has 24 heavy (non-hydrogen) atoms. The van der Waals surface area contributed by atoms with Crippen LogP contribution >= 0.6 is 0 Å². The van der Waals surface area contributed by atoms with Crippen molar-refractivity contribution >= 4 is 23.3 Å². The van der Waals surface area contributed by atoms with Crippen molar-refractivity contribution in [2.45, 2.75) is 12.4 Å². The highest BCUT2D eigenvalue weighted by molar-refractivity contribution is 6.02. The van der Waals surface area contributed by atoms with Crippen LogP contribution in [0, 0.1) is 10.1 Å². The van der Waals surface area contributed by atoms with E-state index in [1.165, 1.54) is 0 Å². The molecule has 0 bridgehead atoms. The highest BCUT2D eigenvalue weighted by atomic mass is 19.4. The predicted molar refractivity (Wildman–Crippen MR) is 64.1 cm³/mol. The molecule has 0 aromatic heterocycles. The smallest absolute Gasteiger partial charge is 0.471 e. The number of hydrogen-bond acceptors (Lipinski definition) is 4. The Kier molecular flexibility index (Phi) is 5.06. The molecule has 1 amide bonds. The molecular weight excluding hydrogens is 354 g/mol. The summed E-state index contributed by atoms with van der Waals surface area (Å²) in [6, 6.07) is 0.336. The van der Waals surface area contributed by atoms with Gasteiger partial charge in [0.15, 0.2) is 0 Å². The number of carbonyl (C=O) groups is 2. The van der Waals surface area contributed by atoms with Crippen molar-refractivity contribution < 1.29 is 46.0 Å². The number of alkyl halides is 6. The van der Waals surface area contributed by atoms with Crippen LogP contribution in [0.25, 0.3) is 0 Å². The molecule has 13 heteroatoms. The van der Waals surface area contributed by atoms with Gasteiger partial charge in [-0.3, -0.25) is 24.6 Å². The fourth-order valence-corrected chi connectivity index (χ4v) is 1.63. The Hall–Kier alpha value is -2.86. The minimum absolute atomic E-state index is 0.0894. The highest BCUT2D eigenvalue weighted by Crippen LogP contribution is 2.37. The lowest BCUT2D eigenvalue weighted by molar-refractivity contribution is -0.384. The molecule has 132 valence electrons. The van der Waals surface area contributed by atoms with Crippen molar-refractivity contribution in [3.63, 3.8) is 0 Å². The summed E-state index contributed by atoms with van der Waals surface area (Å²) in [5, 5.41) is 19.4. The van der Waals surface area contributed by atoms with Crippen LogP contribution in [0.4, 0.5) is 37.7 Å². The van der Waals surface area contributed by atoms with E-state index in [-0.39, 0.29) is 18.2 Å². The zero-order valence-electron chi connectivity index (χ0n) is 11.2. The van der Waals surface area contributed by atoms with Crippen molar-refractivity contribution in [1.82, 2.24) is 0 Å². The Morgan fingerprint density at radius 1 is 1.17 bits per heavy atom. The summed E-state index contributed by atoms with van der Waals surface area (Å²) < 4.78 is 75.1. The molecule has 0 radical (unpaired) electrons. The first-order chi connectivity index (χ1) is 10.7. The molecule has 0 saturated carbocycles. The molecule has 1 rings (SSSR count). The molecule has 1 N–H and O–H groups in total. The van der Waals surface area contributed by atoms with Crippen molar-refractivity contribution in [2.75, 3.05) is 11.4 Å². The van der Waals surface area contributed by atoms with Gasteiger partial charge in [0.05, 0.1) is 10.5 Å². The molecule has 0 unspecified atom stereocenters. The van der Waals surface area contributed by atoms with Crippen LogP contribution in [0.5, 0.6) is 0 Å². The zero-order valence-corrected chi connectivity index (χ0v) is 11.2. The summed E-state index contributed by atoms with van der Waals surface area (Å²) in [5.74, 6) is -4.73. The first-order valence-electron chi connectivity index (χ1n) is 5.71. The molecular formula is C11H6F6N2O5. The second-order valence-corrected chi connectivity index (χ2v) is 4.24. The monoisotopic (exact) mass is 360 g/mol. The summed E-state index contributed by atoms with van der Waals surface area (Å²) in [7, 11) is 0. The maximum Gasteiger partial charge on any atom is 0.471 e. The summed E-state index contributed by atoms with van der Waals surface area (Å²) in [5.41, 5.74) is -4.27. The SMILES string of the molecule is O=C(O)CN(C(=O)C(F)(F)F)c1ccc(C(F)(F)F)cc1[N+](=O)[O-]. The maximum atomic E-state index is 12.5. The Morgan fingerprint density at radius 2 is 1.71 bits per heavy atom. The number of nitro benzene ring substituents is 1. The first kappa shape index (κ1) is 19.2. The third-order valence-electron chi connectivity index (χ3n) is 2.57. The van der Waals surface area contributed by atoms with Crippen LogP contribution in [0.2, 0.25) is 0 Å². The minimum atomic E-state index is -5.59. The molecule has 0 atom stereocenters. The average Bonchev–Trinajstić information content (AvgIpc) is 2.41. The van der Waals surface area contributed by atoms with Gasteiger partial charge in [0.1, 0.15) is 12.2 Å². The highest BCUT2D eigenvalue weighted by Gasteiger charge is 2.45. The number of anilines is 1. The third-order valence-corrected chi connectivity index (χ3v) is 2.57. The van der Waals surface area contributed by atoms with Gasteiger partial charge >= 0.3 is 24.2 Å². The van der Waals surface area contributed by atoms with Gasteiger partial charge in [0.2, 0.25) is 0 Å². The number of carboxylic acids is 1. The number of amides is 1. The predicted octanol–water partition coefficient (Wildman–Crippen LogP) is 2.59. The van der Waals surface area contributed by atoms with E-state index in [4.69, 9.17) is 5.11 Å². The number of halogens is 6. The molecule has 7 nitrogen and oxygen atoms in total. The molecule has 0 aliphatic carbocycles. The van der Waals surface area contributed by atoms with E-state index in [2.05, 4.69) is 0 Å². The average molecular weight is 360 g/mol. The topological polar surface area (TPSA) is 101 Å². The van der Waals surface area contributed by atoms with E-state index in [0.29, 0.717) is 0 Å². The summed E-state index contributed by atoms with van der Waals surface area (Å²) >= 11 is 0. The molecule has 0 saturated heterocycles. The summed E-state index contributed by atoms with van der Waals surface area (Å²) in [4.78, 5) is 30.7.